The van der Waals surface area contributed by atoms with Gasteiger partial charge >= 0.3 is 12.1 Å². The first-order valence-electron chi connectivity index (χ1n) is 11.4. The zero-order valence-corrected chi connectivity index (χ0v) is 21.0. The predicted molar refractivity (Wildman–Crippen MR) is 130 cm³/mol. The Morgan fingerprint density at radius 3 is 2.73 bits per heavy atom. The molecule has 0 saturated heterocycles. The summed E-state index contributed by atoms with van der Waals surface area (Å²) in [5.41, 5.74) is 1.60. The van der Waals surface area contributed by atoms with Gasteiger partial charge in [0.2, 0.25) is 5.91 Å². The Morgan fingerprint density at radius 1 is 1.24 bits per heavy atom. The number of nitrogens with zero attached hydrogens (tertiary/aromatic N) is 5. The van der Waals surface area contributed by atoms with Crippen LogP contribution in [0.4, 0.5) is 18.9 Å². The van der Waals surface area contributed by atoms with Crippen molar-refractivity contribution in [2.75, 3.05) is 11.9 Å². The molecule has 3 heterocycles. The van der Waals surface area contributed by atoms with Crippen LogP contribution in [0.15, 0.2) is 47.2 Å². The minimum atomic E-state index is -4.63. The number of esters is 1. The number of hydrogen-bond donors (Lipinski definition) is 1. The fourth-order valence-electron chi connectivity index (χ4n) is 4.06. The first kappa shape index (κ1) is 24.9. The van der Waals surface area contributed by atoms with Gasteiger partial charge in [-0.25, -0.2) is 14.3 Å². The monoisotopic (exact) mass is 576 g/mol. The third-order valence-electron chi connectivity index (χ3n) is 5.80. The van der Waals surface area contributed by atoms with Crippen LogP contribution in [0.1, 0.15) is 47.4 Å². The van der Waals surface area contributed by atoms with Gasteiger partial charge in [0.15, 0.2) is 11.3 Å². The number of alkyl halides is 3. The van der Waals surface area contributed by atoms with Gasteiger partial charge in [-0.1, -0.05) is 12.1 Å². The van der Waals surface area contributed by atoms with Crippen LogP contribution < -0.4 is 5.32 Å². The van der Waals surface area contributed by atoms with Crippen molar-refractivity contribution in [3.63, 3.8) is 0 Å². The number of fused-ring (bicyclic) bond motifs is 1. The second-order valence-corrected chi connectivity index (χ2v) is 9.24. The topological polar surface area (TPSA) is 103 Å². The van der Waals surface area contributed by atoms with Gasteiger partial charge in [-0.3, -0.25) is 9.48 Å². The third kappa shape index (κ3) is 4.95. The Bertz CT molecular complexity index is 1510. The Balaban J connectivity index is 1.39. The number of rotatable bonds is 7. The smallest absolute Gasteiger partial charge is 0.436 e. The molecule has 4 aromatic rings. The number of halogens is 4. The highest BCUT2D eigenvalue weighted by molar-refractivity contribution is 9.10. The lowest BCUT2D eigenvalue weighted by Gasteiger charge is -2.10. The van der Waals surface area contributed by atoms with E-state index in [-0.39, 0.29) is 29.1 Å². The molecule has 0 spiro atoms. The summed E-state index contributed by atoms with van der Waals surface area (Å²) in [5, 5.41) is 10.7. The number of amides is 1. The molecular formula is C24H20BrF3N6O3. The summed E-state index contributed by atoms with van der Waals surface area (Å²) >= 11 is 3.03. The Kier molecular flexibility index (Phi) is 6.48. The first-order valence-corrected chi connectivity index (χ1v) is 12.2. The number of carbonyl (C=O) groups is 2. The van der Waals surface area contributed by atoms with Gasteiger partial charge in [0.25, 0.3) is 0 Å². The molecule has 13 heteroatoms. The fourth-order valence-corrected chi connectivity index (χ4v) is 4.89. The van der Waals surface area contributed by atoms with Crippen LogP contribution in [-0.4, -0.2) is 42.9 Å². The summed E-state index contributed by atoms with van der Waals surface area (Å²) in [7, 11) is 0. The SMILES string of the molecule is CCOC(=O)c1cnn2c(-c3cccc(NC(=O)Cn4nc(C(F)(F)F)c(Br)c4C4CC4)c3)ccnc12. The van der Waals surface area contributed by atoms with E-state index in [1.807, 2.05) is 0 Å². The maximum atomic E-state index is 13.4. The third-order valence-corrected chi connectivity index (χ3v) is 6.58. The minimum absolute atomic E-state index is 0.0585. The summed E-state index contributed by atoms with van der Waals surface area (Å²) in [5.74, 6) is -1.12. The number of nitrogens with one attached hydrogen (secondary N) is 1. The fraction of sp³-hybridized carbons (Fsp3) is 0.292. The molecule has 0 unspecified atom stereocenters. The van der Waals surface area contributed by atoms with E-state index in [2.05, 4.69) is 36.4 Å². The Labute approximate surface area is 216 Å². The number of ether oxygens (including phenoxy) is 1. The van der Waals surface area contributed by atoms with Crippen molar-refractivity contribution in [2.24, 2.45) is 0 Å². The highest BCUT2D eigenvalue weighted by atomic mass is 79.9. The van der Waals surface area contributed by atoms with Crippen molar-refractivity contribution in [1.29, 1.82) is 0 Å². The van der Waals surface area contributed by atoms with Gasteiger partial charge in [-0.05, 0) is 53.9 Å². The van der Waals surface area contributed by atoms with E-state index in [4.69, 9.17) is 4.74 Å². The van der Waals surface area contributed by atoms with E-state index in [0.29, 0.717) is 28.3 Å². The molecule has 1 amide bonds. The highest BCUT2D eigenvalue weighted by Crippen LogP contribution is 2.47. The second-order valence-electron chi connectivity index (χ2n) is 8.45. The molecular weight excluding hydrogens is 557 g/mol. The molecule has 5 rings (SSSR count). The van der Waals surface area contributed by atoms with Gasteiger partial charge in [-0.2, -0.15) is 23.4 Å². The lowest BCUT2D eigenvalue weighted by atomic mass is 10.1. The Morgan fingerprint density at radius 2 is 2.03 bits per heavy atom. The second kappa shape index (κ2) is 9.61. The summed E-state index contributed by atoms with van der Waals surface area (Å²) in [4.78, 5) is 29.2. The highest BCUT2D eigenvalue weighted by Gasteiger charge is 2.42. The molecule has 37 heavy (non-hydrogen) atoms. The van der Waals surface area contributed by atoms with E-state index >= 15 is 0 Å². The van der Waals surface area contributed by atoms with Crippen LogP contribution in [0.5, 0.6) is 0 Å². The molecule has 192 valence electrons. The molecule has 1 aliphatic carbocycles. The van der Waals surface area contributed by atoms with Crippen LogP contribution in [0, 0.1) is 0 Å². The number of hydrogen-bond acceptors (Lipinski definition) is 6. The van der Waals surface area contributed by atoms with Crippen LogP contribution in [0.2, 0.25) is 0 Å². The standard InChI is InChI=1S/C24H20BrF3N6O3/c1-2-37-23(36)16-11-30-34-17(8-9-29-22(16)34)14-4-3-5-15(10-14)31-18(35)12-33-20(13-6-7-13)19(25)21(32-33)24(26,27)28/h3-5,8-11,13H,2,6-7,12H2,1H3,(H,31,35). The number of carbonyl (C=O) groups excluding carboxylic acids is 2. The lowest BCUT2D eigenvalue weighted by molar-refractivity contribution is -0.142. The zero-order chi connectivity index (χ0) is 26.3. The van der Waals surface area contributed by atoms with Crippen molar-refractivity contribution in [3.8, 4) is 11.3 Å². The quantitative estimate of drug-likeness (QED) is 0.308. The van der Waals surface area contributed by atoms with Crippen LogP contribution >= 0.6 is 15.9 Å². The first-order chi connectivity index (χ1) is 17.7. The molecule has 9 nitrogen and oxygen atoms in total. The van der Waals surface area contributed by atoms with Crippen molar-refractivity contribution >= 4 is 39.1 Å². The van der Waals surface area contributed by atoms with E-state index in [1.165, 1.54) is 16.9 Å². The van der Waals surface area contributed by atoms with Crippen LogP contribution in [0.25, 0.3) is 16.9 Å². The molecule has 3 aromatic heterocycles. The van der Waals surface area contributed by atoms with Gasteiger partial charge in [0.05, 0.1) is 28.7 Å². The molecule has 1 aromatic carbocycles. The normalized spacial score (nSPS) is 13.6. The minimum Gasteiger partial charge on any atom is -0.462 e. The summed E-state index contributed by atoms with van der Waals surface area (Å²) in [6.07, 6.45) is -0.222. The van der Waals surface area contributed by atoms with E-state index in [1.54, 1.807) is 37.3 Å². The van der Waals surface area contributed by atoms with Gasteiger partial charge in [0.1, 0.15) is 12.1 Å². The lowest BCUT2D eigenvalue weighted by Crippen LogP contribution is -2.21. The van der Waals surface area contributed by atoms with Crippen molar-refractivity contribution < 1.29 is 27.5 Å². The summed E-state index contributed by atoms with van der Waals surface area (Å²) in [6.45, 7) is 1.55. The maximum Gasteiger partial charge on any atom is 0.436 e. The molecule has 0 bridgehead atoms. The number of aromatic nitrogens is 5. The van der Waals surface area contributed by atoms with Crippen molar-refractivity contribution in [2.45, 2.75) is 38.4 Å². The molecule has 1 N–H and O–H groups in total. The van der Waals surface area contributed by atoms with Gasteiger partial charge in [-0.15, -0.1) is 0 Å². The average molecular weight is 577 g/mol. The summed E-state index contributed by atoms with van der Waals surface area (Å²) < 4.78 is 47.7. The molecule has 1 saturated carbocycles. The van der Waals surface area contributed by atoms with Crippen LogP contribution in [0.3, 0.4) is 0 Å². The van der Waals surface area contributed by atoms with E-state index < -0.39 is 23.7 Å². The maximum absolute atomic E-state index is 13.4. The van der Waals surface area contributed by atoms with E-state index in [0.717, 1.165) is 17.5 Å². The number of anilines is 1. The molecule has 0 atom stereocenters. The van der Waals surface area contributed by atoms with Gasteiger partial charge < -0.3 is 10.1 Å². The molecule has 0 radical (unpaired) electrons. The molecule has 1 aliphatic rings. The van der Waals surface area contributed by atoms with E-state index in [9.17, 15) is 22.8 Å². The average Bonchev–Trinajstić information content (AvgIpc) is 3.48. The Hall–Kier alpha value is -3.74. The molecule has 1 fully saturated rings. The van der Waals surface area contributed by atoms with Crippen LogP contribution in [-0.2, 0) is 22.3 Å². The summed E-state index contributed by atoms with van der Waals surface area (Å²) in [6, 6.07) is 8.57. The largest absolute Gasteiger partial charge is 0.462 e. The van der Waals surface area contributed by atoms with Crippen molar-refractivity contribution in [1.82, 2.24) is 24.4 Å². The zero-order valence-electron chi connectivity index (χ0n) is 19.4. The van der Waals surface area contributed by atoms with Crippen molar-refractivity contribution in [3.05, 3.63) is 64.1 Å². The number of benzene rings is 1. The van der Waals surface area contributed by atoms with Gasteiger partial charge in [0, 0.05) is 23.4 Å². The molecule has 0 aliphatic heterocycles. The predicted octanol–water partition coefficient (Wildman–Crippen LogP) is 5.07.